The molecule has 1 aliphatic heterocycles. The van der Waals surface area contributed by atoms with Crippen LogP contribution < -0.4 is 0 Å². The van der Waals surface area contributed by atoms with E-state index in [1.54, 1.807) is 16.7 Å². The summed E-state index contributed by atoms with van der Waals surface area (Å²) in [6.45, 7) is 0. The SMILES string of the molecule is O=C(O)CCCCCCC1CSCN1C(=O)C(=O)Cc1ccccc1. The van der Waals surface area contributed by atoms with Gasteiger partial charge in [-0.25, -0.2) is 0 Å². The standard InChI is InChI=1S/C19H25NO4S/c21-17(12-15-8-4-3-5-9-15)19(24)20-14-25-13-16(20)10-6-1-2-7-11-18(22)23/h3-5,8-9,16H,1-2,6-7,10-14H2,(H,22,23). The summed E-state index contributed by atoms with van der Waals surface area (Å²) in [6, 6.07) is 9.46. The number of thioether (sulfide) groups is 1. The van der Waals surface area contributed by atoms with Crippen LogP contribution in [0.15, 0.2) is 30.3 Å². The third-order valence-electron chi connectivity index (χ3n) is 4.37. The zero-order valence-corrected chi connectivity index (χ0v) is 15.2. The lowest BCUT2D eigenvalue weighted by molar-refractivity contribution is -0.144. The van der Waals surface area contributed by atoms with Crippen molar-refractivity contribution < 1.29 is 19.5 Å². The Bertz CT molecular complexity index is 590. The van der Waals surface area contributed by atoms with Crippen molar-refractivity contribution >= 4 is 29.4 Å². The van der Waals surface area contributed by atoms with Crippen LogP contribution in [0.25, 0.3) is 0 Å². The van der Waals surface area contributed by atoms with E-state index in [2.05, 4.69) is 0 Å². The van der Waals surface area contributed by atoms with Gasteiger partial charge in [-0.2, -0.15) is 0 Å². The lowest BCUT2D eigenvalue weighted by Crippen LogP contribution is -2.41. The molecule has 1 amide bonds. The van der Waals surface area contributed by atoms with Crippen molar-refractivity contribution in [3.05, 3.63) is 35.9 Å². The minimum absolute atomic E-state index is 0.122. The number of Topliss-reactive ketones (excluding diaryl/α,β-unsaturated/α-hetero) is 1. The van der Waals surface area contributed by atoms with Gasteiger partial charge in [0.15, 0.2) is 0 Å². The monoisotopic (exact) mass is 363 g/mol. The molecule has 6 heteroatoms. The molecule has 2 rings (SSSR count). The molecule has 0 saturated carbocycles. The Kier molecular flexibility index (Phi) is 7.98. The first kappa shape index (κ1) is 19.5. The van der Waals surface area contributed by atoms with E-state index in [0.717, 1.165) is 37.0 Å². The number of hydrogen-bond acceptors (Lipinski definition) is 4. The molecule has 0 spiro atoms. The highest BCUT2D eigenvalue weighted by Crippen LogP contribution is 2.25. The van der Waals surface area contributed by atoms with Crippen molar-refractivity contribution in [3.63, 3.8) is 0 Å². The lowest BCUT2D eigenvalue weighted by Gasteiger charge is -2.23. The molecule has 1 aromatic carbocycles. The fraction of sp³-hybridized carbons (Fsp3) is 0.526. The minimum atomic E-state index is -0.749. The van der Waals surface area contributed by atoms with E-state index in [-0.39, 0.29) is 30.6 Å². The summed E-state index contributed by atoms with van der Waals surface area (Å²) in [5.41, 5.74) is 0.864. The van der Waals surface area contributed by atoms with Gasteiger partial charge in [-0.15, -0.1) is 11.8 Å². The smallest absolute Gasteiger partial charge is 0.303 e. The molecular formula is C19H25NO4S. The second-order valence-corrected chi connectivity index (χ2v) is 7.36. The van der Waals surface area contributed by atoms with E-state index in [1.807, 2.05) is 30.3 Å². The highest BCUT2D eigenvalue weighted by molar-refractivity contribution is 7.99. The second-order valence-electron chi connectivity index (χ2n) is 6.36. The molecule has 0 aromatic heterocycles. The van der Waals surface area contributed by atoms with Gasteiger partial charge in [-0.05, 0) is 18.4 Å². The van der Waals surface area contributed by atoms with Crippen molar-refractivity contribution in [2.75, 3.05) is 11.6 Å². The van der Waals surface area contributed by atoms with Crippen LogP contribution in [0.5, 0.6) is 0 Å². The van der Waals surface area contributed by atoms with Gasteiger partial charge in [0.1, 0.15) is 0 Å². The van der Waals surface area contributed by atoms with Crippen LogP contribution in [0, 0.1) is 0 Å². The zero-order valence-electron chi connectivity index (χ0n) is 14.4. The number of unbranched alkanes of at least 4 members (excludes halogenated alkanes) is 3. The van der Waals surface area contributed by atoms with Gasteiger partial charge in [-0.1, -0.05) is 49.6 Å². The second kappa shape index (κ2) is 10.2. The number of aliphatic carboxylic acids is 1. The zero-order chi connectivity index (χ0) is 18.1. The summed E-state index contributed by atoms with van der Waals surface area (Å²) in [6.07, 6.45) is 4.78. The summed E-state index contributed by atoms with van der Waals surface area (Å²) in [5, 5.41) is 8.62. The molecule has 0 radical (unpaired) electrons. The maximum absolute atomic E-state index is 12.5. The average Bonchev–Trinajstić information content (AvgIpc) is 3.06. The molecule has 1 fully saturated rings. The van der Waals surface area contributed by atoms with Crippen LogP contribution in [0.4, 0.5) is 0 Å². The fourth-order valence-corrected chi connectivity index (χ4v) is 4.22. The molecule has 0 bridgehead atoms. The first-order chi connectivity index (χ1) is 12.1. The Morgan fingerprint density at radius 1 is 1.08 bits per heavy atom. The summed E-state index contributed by atoms with van der Waals surface area (Å²) >= 11 is 1.69. The average molecular weight is 363 g/mol. The largest absolute Gasteiger partial charge is 0.481 e. The van der Waals surface area contributed by atoms with Crippen molar-refractivity contribution in [3.8, 4) is 0 Å². The van der Waals surface area contributed by atoms with E-state index in [9.17, 15) is 14.4 Å². The molecule has 1 aliphatic rings. The van der Waals surface area contributed by atoms with Crippen LogP contribution in [0.2, 0.25) is 0 Å². The van der Waals surface area contributed by atoms with Gasteiger partial charge in [0.2, 0.25) is 5.78 Å². The van der Waals surface area contributed by atoms with Gasteiger partial charge in [0, 0.05) is 24.6 Å². The Labute approximate surface area is 152 Å². The Hall–Kier alpha value is -1.82. The number of carboxylic acid groups (broad SMARTS) is 1. The third kappa shape index (κ3) is 6.53. The summed E-state index contributed by atoms with van der Waals surface area (Å²) in [7, 11) is 0. The van der Waals surface area contributed by atoms with Crippen molar-refractivity contribution in [2.45, 2.75) is 51.0 Å². The summed E-state index contributed by atoms with van der Waals surface area (Å²) in [4.78, 5) is 36.9. The van der Waals surface area contributed by atoms with Crippen LogP contribution in [-0.4, -0.2) is 45.3 Å². The highest BCUT2D eigenvalue weighted by Gasteiger charge is 2.32. The molecule has 1 saturated heterocycles. The first-order valence-corrected chi connectivity index (χ1v) is 9.90. The Morgan fingerprint density at radius 3 is 2.52 bits per heavy atom. The molecule has 5 nitrogen and oxygen atoms in total. The molecule has 1 N–H and O–H groups in total. The normalized spacial score (nSPS) is 16.8. The number of rotatable bonds is 10. The van der Waals surface area contributed by atoms with Crippen molar-refractivity contribution in [1.82, 2.24) is 4.90 Å². The number of carboxylic acids is 1. The van der Waals surface area contributed by atoms with Gasteiger partial charge >= 0.3 is 5.97 Å². The number of carbonyl (C=O) groups excluding carboxylic acids is 2. The van der Waals surface area contributed by atoms with Gasteiger partial charge in [-0.3, -0.25) is 14.4 Å². The maximum atomic E-state index is 12.5. The fourth-order valence-electron chi connectivity index (χ4n) is 2.97. The Balaban J connectivity index is 1.74. The number of hydrogen-bond donors (Lipinski definition) is 1. The molecule has 1 aromatic rings. The molecule has 1 heterocycles. The van der Waals surface area contributed by atoms with E-state index < -0.39 is 5.97 Å². The first-order valence-electron chi connectivity index (χ1n) is 8.75. The molecule has 25 heavy (non-hydrogen) atoms. The number of carbonyl (C=O) groups is 3. The van der Waals surface area contributed by atoms with Gasteiger partial charge in [0.25, 0.3) is 5.91 Å². The third-order valence-corrected chi connectivity index (χ3v) is 5.45. The number of ketones is 1. The molecule has 136 valence electrons. The predicted octanol–water partition coefficient (Wildman–Crippen LogP) is 3.12. The van der Waals surface area contributed by atoms with Crippen molar-refractivity contribution in [1.29, 1.82) is 0 Å². The molecule has 0 aliphatic carbocycles. The van der Waals surface area contributed by atoms with Crippen LogP contribution in [0.1, 0.15) is 44.1 Å². The van der Waals surface area contributed by atoms with Gasteiger partial charge < -0.3 is 10.0 Å². The number of nitrogens with zero attached hydrogens (tertiary/aromatic N) is 1. The van der Waals surface area contributed by atoms with Crippen LogP contribution >= 0.6 is 11.8 Å². The minimum Gasteiger partial charge on any atom is -0.481 e. The number of benzene rings is 1. The topological polar surface area (TPSA) is 74.7 Å². The summed E-state index contributed by atoms with van der Waals surface area (Å²) in [5.74, 6) is -0.00603. The van der Waals surface area contributed by atoms with Gasteiger partial charge in [0.05, 0.1) is 5.88 Å². The molecule has 1 atom stereocenters. The van der Waals surface area contributed by atoms with Crippen LogP contribution in [-0.2, 0) is 20.8 Å². The van der Waals surface area contributed by atoms with E-state index in [1.165, 1.54) is 0 Å². The van der Waals surface area contributed by atoms with Crippen molar-refractivity contribution in [2.24, 2.45) is 0 Å². The van der Waals surface area contributed by atoms with E-state index in [0.29, 0.717) is 12.3 Å². The summed E-state index contributed by atoms with van der Waals surface area (Å²) < 4.78 is 0. The van der Waals surface area contributed by atoms with E-state index in [4.69, 9.17) is 5.11 Å². The predicted molar refractivity (Wildman–Crippen MR) is 98.4 cm³/mol. The lowest BCUT2D eigenvalue weighted by atomic mass is 10.0. The Morgan fingerprint density at radius 2 is 1.80 bits per heavy atom. The number of amides is 1. The van der Waals surface area contributed by atoms with E-state index >= 15 is 0 Å². The quantitative estimate of drug-likeness (QED) is 0.511. The highest BCUT2D eigenvalue weighted by atomic mass is 32.2. The molecular weight excluding hydrogens is 338 g/mol. The maximum Gasteiger partial charge on any atom is 0.303 e. The van der Waals surface area contributed by atoms with Crippen LogP contribution in [0.3, 0.4) is 0 Å². The molecule has 1 unspecified atom stereocenters.